The van der Waals surface area contributed by atoms with Gasteiger partial charge in [0.05, 0.1) is 0 Å². The highest BCUT2D eigenvalue weighted by atomic mass is 16.6. The number of carbonyl (C=O) groups excluding carboxylic acids is 3. The van der Waals surface area contributed by atoms with Crippen LogP contribution in [-0.2, 0) is 14.3 Å². The lowest BCUT2D eigenvalue weighted by Gasteiger charge is -2.32. The van der Waals surface area contributed by atoms with E-state index in [-0.39, 0.29) is 17.9 Å². The summed E-state index contributed by atoms with van der Waals surface area (Å²) in [4.78, 5) is 40.9. The van der Waals surface area contributed by atoms with Crippen LogP contribution in [0.15, 0.2) is 18.2 Å². The number of benzene rings is 1. The fraction of sp³-hybridized carbons (Fsp3) is 0.607. The maximum Gasteiger partial charge on any atom is 0.408 e. The third kappa shape index (κ3) is 9.28. The minimum absolute atomic E-state index is 0.0797. The van der Waals surface area contributed by atoms with Crippen LogP contribution in [0, 0.1) is 32.2 Å². The fourth-order valence-corrected chi connectivity index (χ4v) is 3.87. The van der Waals surface area contributed by atoms with Crippen LogP contribution in [0.25, 0.3) is 0 Å². The van der Waals surface area contributed by atoms with Crippen molar-refractivity contribution in [2.45, 2.75) is 105 Å². The van der Waals surface area contributed by atoms with Crippen molar-refractivity contribution >= 4 is 17.9 Å². The van der Waals surface area contributed by atoms with Gasteiger partial charge in [-0.2, -0.15) is 0 Å². The van der Waals surface area contributed by atoms with E-state index in [4.69, 9.17) is 11.2 Å². The molecule has 3 atom stereocenters. The zero-order chi connectivity index (χ0) is 26.9. The van der Waals surface area contributed by atoms with Crippen LogP contribution in [0.3, 0.4) is 0 Å². The molecular formula is C28H43N3O4. The molecule has 35 heavy (non-hydrogen) atoms. The van der Waals surface area contributed by atoms with Crippen LogP contribution in [0.1, 0.15) is 90.5 Å². The molecule has 0 heterocycles. The van der Waals surface area contributed by atoms with Crippen molar-refractivity contribution in [3.8, 4) is 12.5 Å². The summed E-state index contributed by atoms with van der Waals surface area (Å²) in [6.07, 6.45) is 7.19. The van der Waals surface area contributed by atoms with Crippen molar-refractivity contribution in [1.29, 1.82) is 0 Å². The Morgan fingerprint density at radius 3 is 2.26 bits per heavy atom. The highest BCUT2D eigenvalue weighted by molar-refractivity contribution is 5.93. The molecule has 2 N–H and O–H groups in total. The first-order valence-corrected chi connectivity index (χ1v) is 12.4. The van der Waals surface area contributed by atoms with Crippen molar-refractivity contribution < 1.29 is 19.1 Å². The van der Waals surface area contributed by atoms with E-state index in [0.29, 0.717) is 12.0 Å². The van der Waals surface area contributed by atoms with Crippen LogP contribution in [0.4, 0.5) is 4.79 Å². The summed E-state index contributed by atoms with van der Waals surface area (Å²) < 4.78 is 5.37. The van der Waals surface area contributed by atoms with Crippen LogP contribution >= 0.6 is 0 Å². The van der Waals surface area contributed by atoms with Gasteiger partial charge in [0.2, 0.25) is 5.91 Å². The summed E-state index contributed by atoms with van der Waals surface area (Å²) in [6.45, 7) is 17.0. The molecule has 3 unspecified atom stereocenters. The molecule has 1 aromatic rings. The Kier molecular flexibility index (Phi) is 11.3. The summed E-state index contributed by atoms with van der Waals surface area (Å²) in [6, 6.07) is 5.97. The third-order valence-corrected chi connectivity index (χ3v) is 5.63. The number of rotatable bonds is 10. The predicted molar refractivity (Wildman–Crippen MR) is 139 cm³/mol. The number of amides is 3. The molecule has 3 amide bonds. The molecule has 0 radical (unpaired) electrons. The number of nitrogens with zero attached hydrogens (tertiary/aromatic N) is 1. The number of aryl methyl sites for hydroxylation is 1. The molecule has 0 spiro atoms. The number of hydrogen-bond acceptors (Lipinski definition) is 4. The molecule has 0 bridgehead atoms. The van der Waals surface area contributed by atoms with Crippen molar-refractivity contribution in [3.05, 3.63) is 34.9 Å². The van der Waals surface area contributed by atoms with E-state index in [0.717, 1.165) is 28.9 Å². The van der Waals surface area contributed by atoms with E-state index in [2.05, 4.69) is 16.7 Å². The Labute approximate surface area is 211 Å². The lowest BCUT2D eigenvalue weighted by molar-refractivity contribution is -0.139. The largest absolute Gasteiger partial charge is 0.444 e. The van der Waals surface area contributed by atoms with Crippen LogP contribution in [-0.4, -0.2) is 40.5 Å². The molecule has 0 aliphatic carbocycles. The number of terminal acetylenes is 1. The standard InChI is InChI=1S/C28H43N3O4/c1-11-14-20(6)29-25(32)24(22-16-13-15-19(5)21(22)7)31(12-2)26(33)23(17-18(3)4)30-27(34)35-28(8,9)10/h2,13,15-16,18,20,23-24H,11,14,17H2,1,3-10H3,(H,29,32)(H,30,34). The van der Waals surface area contributed by atoms with Crippen molar-refractivity contribution in [2.24, 2.45) is 5.92 Å². The summed E-state index contributed by atoms with van der Waals surface area (Å²) >= 11 is 0. The van der Waals surface area contributed by atoms with Gasteiger partial charge in [-0.15, -0.1) is 0 Å². The Morgan fingerprint density at radius 2 is 1.74 bits per heavy atom. The number of nitrogens with one attached hydrogen (secondary N) is 2. The van der Waals surface area contributed by atoms with Gasteiger partial charge in [-0.3, -0.25) is 14.5 Å². The first kappa shape index (κ1) is 30.0. The van der Waals surface area contributed by atoms with Gasteiger partial charge in [-0.1, -0.05) is 51.8 Å². The van der Waals surface area contributed by atoms with E-state index in [9.17, 15) is 14.4 Å². The predicted octanol–water partition coefficient (Wildman–Crippen LogP) is 5.01. The molecular weight excluding hydrogens is 442 g/mol. The third-order valence-electron chi connectivity index (χ3n) is 5.63. The monoisotopic (exact) mass is 485 g/mol. The van der Waals surface area contributed by atoms with E-state index >= 15 is 0 Å². The maximum atomic E-state index is 13.8. The number of alkyl carbamates (subject to hydrolysis) is 1. The zero-order valence-corrected chi connectivity index (χ0v) is 22.8. The molecule has 0 aliphatic rings. The van der Waals surface area contributed by atoms with Crippen molar-refractivity contribution in [1.82, 2.24) is 15.5 Å². The average Bonchev–Trinajstić information content (AvgIpc) is 2.71. The molecule has 0 aromatic heterocycles. The molecule has 0 aliphatic heterocycles. The van der Waals surface area contributed by atoms with Gasteiger partial charge in [0, 0.05) is 12.1 Å². The SMILES string of the molecule is C#CN(C(=O)C(CC(C)C)NC(=O)OC(C)(C)C)C(C(=O)NC(C)CCC)c1cccc(C)c1C. The van der Waals surface area contributed by atoms with Crippen molar-refractivity contribution in [2.75, 3.05) is 0 Å². The Balaban J connectivity index is 3.46. The molecule has 0 fully saturated rings. The van der Waals surface area contributed by atoms with Gasteiger partial charge >= 0.3 is 6.09 Å². The topological polar surface area (TPSA) is 87.7 Å². The van der Waals surface area contributed by atoms with Gasteiger partial charge in [-0.05, 0) is 77.0 Å². The average molecular weight is 486 g/mol. The van der Waals surface area contributed by atoms with Gasteiger partial charge in [0.1, 0.15) is 17.7 Å². The quantitative estimate of drug-likeness (QED) is 0.360. The van der Waals surface area contributed by atoms with Crippen LogP contribution < -0.4 is 10.6 Å². The van der Waals surface area contributed by atoms with Gasteiger partial charge in [-0.25, -0.2) is 4.79 Å². The van der Waals surface area contributed by atoms with Gasteiger partial charge in [0.25, 0.3) is 5.91 Å². The summed E-state index contributed by atoms with van der Waals surface area (Å²) in [5, 5.41) is 5.68. The second-order valence-electron chi connectivity index (χ2n) is 10.6. The molecule has 7 heteroatoms. The van der Waals surface area contributed by atoms with Crippen molar-refractivity contribution in [3.63, 3.8) is 0 Å². The molecule has 194 valence electrons. The van der Waals surface area contributed by atoms with Crippen LogP contribution in [0.2, 0.25) is 0 Å². The Hall–Kier alpha value is -3.01. The highest BCUT2D eigenvalue weighted by Crippen LogP contribution is 2.27. The second kappa shape index (κ2) is 13.2. The Morgan fingerprint density at radius 1 is 1.11 bits per heavy atom. The summed E-state index contributed by atoms with van der Waals surface area (Å²) in [5.41, 5.74) is 1.79. The summed E-state index contributed by atoms with van der Waals surface area (Å²) in [5.74, 6) is -0.807. The number of carbonyl (C=O) groups is 3. The fourth-order valence-electron chi connectivity index (χ4n) is 3.87. The lowest BCUT2D eigenvalue weighted by atomic mass is 9.94. The molecule has 1 aromatic carbocycles. The normalized spacial score (nSPS) is 13.9. The highest BCUT2D eigenvalue weighted by Gasteiger charge is 2.37. The molecule has 0 saturated carbocycles. The van der Waals surface area contributed by atoms with E-state index in [1.807, 2.05) is 59.7 Å². The van der Waals surface area contributed by atoms with Crippen LogP contribution in [0.5, 0.6) is 0 Å². The molecule has 1 rings (SSSR count). The zero-order valence-electron chi connectivity index (χ0n) is 22.8. The first-order valence-electron chi connectivity index (χ1n) is 12.4. The first-order chi connectivity index (χ1) is 16.2. The minimum atomic E-state index is -1.04. The Bertz CT molecular complexity index is 927. The van der Waals surface area contributed by atoms with E-state index < -0.39 is 29.7 Å². The van der Waals surface area contributed by atoms with E-state index in [1.54, 1.807) is 20.8 Å². The number of hydrogen-bond donors (Lipinski definition) is 2. The number of ether oxygens (including phenoxy) is 1. The maximum absolute atomic E-state index is 13.8. The van der Waals surface area contributed by atoms with E-state index in [1.165, 1.54) is 0 Å². The molecule has 0 saturated heterocycles. The smallest absolute Gasteiger partial charge is 0.408 e. The minimum Gasteiger partial charge on any atom is -0.444 e. The summed E-state index contributed by atoms with van der Waals surface area (Å²) in [7, 11) is 0. The second-order valence-corrected chi connectivity index (χ2v) is 10.6. The molecule has 7 nitrogen and oxygen atoms in total. The van der Waals surface area contributed by atoms with Gasteiger partial charge in [0.15, 0.2) is 0 Å². The van der Waals surface area contributed by atoms with Gasteiger partial charge < -0.3 is 15.4 Å². The lowest BCUT2D eigenvalue weighted by Crippen LogP contribution is -2.52.